The highest BCUT2D eigenvalue weighted by atomic mass is 32.2. The molecule has 114 valence electrons. The Balaban J connectivity index is 2.35. The van der Waals surface area contributed by atoms with Crippen molar-refractivity contribution in [2.75, 3.05) is 0 Å². The van der Waals surface area contributed by atoms with Gasteiger partial charge in [-0.3, -0.25) is 0 Å². The fourth-order valence-electron chi connectivity index (χ4n) is 2.16. The molecule has 0 saturated heterocycles. The summed E-state index contributed by atoms with van der Waals surface area (Å²) in [7, 11) is -3.60. The third-order valence-corrected chi connectivity index (χ3v) is 5.78. The Bertz CT molecular complexity index is 679. The highest BCUT2D eigenvalue weighted by Crippen LogP contribution is 2.28. The Morgan fingerprint density at radius 3 is 2.48 bits per heavy atom. The van der Waals surface area contributed by atoms with Crippen LogP contribution in [0.15, 0.2) is 46.7 Å². The van der Waals surface area contributed by atoms with Gasteiger partial charge >= 0.3 is 0 Å². The van der Waals surface area contributed by atoms with E-state index < -0.39 is 10.0 Å². The first-order valence-electron chi connectivity index (χ1n) is 6.79. The number of nitrogens with two attached hydrogens (primary N) is 1. The molecule has 0 spiro atoms. The Morgan fingerprint density at radius 1 is 1.19 bits per heavy atom. The van der Waals surface area contributed by atoms with Crippen molar-refractivity contribution in [2.45, 2.75) is 31.3 Å². The summed E-state index contributed by atoms with van der Waals surface area (Å²) >= 11 is 1.55. The second-order valence-electron chi connectivity index (χ2n) is 5.17. The minimum Gasteiger partial charge on any atom is -0.326 e. The third kappa shape index (κ3) is 3.71. The number of thiophene rings is 1. The van der Waals surface area contributed by atoms with Crippen molar-refractivity contribution in [1.29, 1.82) is 0 Å². The zero-order valence-corrected chi connectivity index (χ0v) is 13.7. The summed E-state index contributed by atoms with van der Waals surface area (Å²) in [4.78, 5) is 1.27. The molecule has 0 radical (unpaired) electrons. The van der Waals surface area contributed by atoms with Crippen LogP contribution in [0.5, 0.6) is 0 Å². The molecule has 0 amide bonds. The van der Waals surface area contributed by atoms with E-state index in [1.54, 1.807) is 35.6 Å². The lowest BCUT2D eigenvalue weighted by Gasteiger charge is -2.22. The van der Waals surface area contributed by atoms with Crippen LogP contribution in [0, 0.1) is 5.92 Å². The molecule has 1 unspecified atom stereocenters. The van der Waals surface area contributed by atoms with Gasteiger partial charge in [0.15, 0.2) is 0 Å². The number of nitrogens with one attached hydrogen (secondary N) is 1. The highest BCUT2D eigenvalue weighted by molar-refractivity contribution is 7.89. The molecule has 1 atom stereocenters. The van der Waals surface area contributed by atoms with Crippen LogP contribution in [0.3, 0.4) is 0 Å². The number of benzene rings is 1. The third-order valence-electron chi connectivity index (χ3n) is 3.28. The first kappa shape index (κ1) is 16.2. The number of sulfonamides is 1. The monoisotopic (exact) mass is 324 g/mol. The standard InChI is InChI=1S/C15H20N2O2S2/c1-11(2)15(13-7-5-9-20-13)17-21(18,19)14-8-4-3-6-12(14)10-16/h3-9,11,15,17H,10,16H2,1-2H3. The van der Waals surface area contributed by atoms with E-state index in [-0.39, 0.29) is 23.4 Å². The first-order chi connectivity index (χ1) is 9.95. The van der Waals surface area contributed by atoms with E-state index in [1.807, 2.05) is 31.4 Å². The van der Waals surface area contributed by atoms with E-state index in [0.717, 1.165) is 4.88 Å². The molecule has 1 aromatic carbocycles. The molecule has 0 aliphatic rings. The number of hydrogen-bond acceptors (Lipinski definition) is 4. The maximum absolute atomic E-state index is 12.7. The van der Waals surface area contributed by atoms with Gasteiger partial charge in [-0.1, -0.05) is 38.1 Å². The summed E-state index contributed by atoms with van der Waals surface area (Å²) in [6.07, 6.45) is 0. The molecule has 1 heterocycles. The zero-order valence-electron chi connectivity index (χ0n) is 12.1. The molecule has 1 aromatic heterocycles. The zero-order chi connectivity index (χ0) is 15.5. The molecule has 0 fully saturated rings. The second kappa shape index (κ2) is 6.70. The van der Waals surface area contributed by atoms with Gasteiger partial charge in [0.05, 0.1) is 10.9 Å². The lowest BCUT2D eigenvalue weighted by atomic mass is 10.0. The molecule has 21 heavy (non-hydrogen) atoms. The molecule has 0 aliphatic heterocycles. The predicted molar refractivity (Wildman–Crippen MR) is 86.6 cm³/mol. The van der Waals surface area contributed by atoms with Crippen molar-refractivity contribution in [3.63, 3.8) is 0 Å². The average molecular weight is 324 g/mol. The fraction of sp³-hybridized carbons (Fsp3) is 0.333. The predicted octanol–water partition coefficient (Wildman–Crippen LogP) is 2.88. The van der Waals surface area contributed by atoms with E-state index in [4.69, 9.17) is 5.73 Å². The lowest BCUT2D eigenvalue weighted by molar-refractivity contribution is 0.468. The van der Waals surface area contributed by atoms with Crippen LogP contribution in [0.4, 0.5) is 0 Å². The van der Waals surface area contributed by atoms with E-state index in [0.29, 0.717) is 5.56 Å². The van der Waals surface area contributed by atoms with Crippen LogP contribution in [-0.2, 0) is 16.6 Å². The molecule has 0 aliphatic carbocycles. The van der Waals surface area contributed by atoms with Crippen LogP contribution >= 0.6 is 11.3 Å². The number of rotatable bonds is 6. The molecule has 4 nitrogen and oxygen atoms in total. The fourth-order valence-corrected chi connectivity index (χ4v) is 4.79. The topological polar surface area (TPSA) is 72.2 Å². The summed E-state index contributed by atoms with van der Waals surface area (Å²) in [6, 6.07) is 10.5. The summed E-state index contributed by atoms with van der Waals surface area (Å²) in [5.41, 5.74) is 6.27. The Labute approximate surface area is 130 Å². The smallest absolute Gasteiger partial charge is 0.241 e. The van der Waals surface area contributed by atoms with Crippen molar-refractivity contribution >= 4 is 21.4 Å². The Morgan fingerprint density at radius 2 is 1.90 bits per heavy atom. The summed E-state index contributed by atoms with van der Waals surface area (Å²) in [5, 5.41) is 1.95. The van der Waals surface area contributed by atoms with Crippen LogP contribution in [-0.4, -0.2) is 8.42 Å². The molecule has 2 aromatic rings. The molecule has 2 rings (SSSR count). The van der Waals surface area contributed by atoms with E-state index in [9.17, 15) is 8.42 Å². The van der Waals surface area contributed by atoms with Crippen LogP contribution < -0.4 is 10.5 Å². The van der Waals surface area contributed by atoms with E-state index in [1.165, 1.54) is 0 Å². The van der Waals surface area contributed by atoms with E-state index in [2.05, 4.69) is 4.72 Å². The molecule has 3 N–H and O–H groups in total. The first-order valence-corrected chi connectivity index (χ1v) is 9.15. The summed E-state index contributed by atoms with van der Waals surface area (Å²) < 4.78 is 28.1. The van der Waals surface area contributed by atoms with Crippen LogP contribution in [0.25, 0.3) is 0 Å². The summed E-state index contributed by atoms with van der Waals surface area (Å²) in [5.74, 6) is 0.156. The largest absolute Gasteiger partial charge is 0.326 e. The Hall–Kier alpha value is -1.21. The lowest BCUT2D eigenvalue weighted by Crippen LogP contribution is -2.32. The maximum Gasteiger partial charge on any atom is 0.241 e. The van der Waals surface area contributed by atoms with Crippen molar-refractivity contribution in [2.24, 2.45) is 11.7 Å². The Kier molecular flexibility index (Phi) is 5.16. The number of hydrogen-bond donors (Lipinski definition) is 2. The van der Waals surface area contributed by atoms with Crippen LogP contribution in [0.2, 0.25) is 0 Å². The average Bonchev–Trinajstić information content (AvgIpc) is 2.98. The van der Waals surface area contributed by atoms with Gasteiger partial charge in [-0.25, -0.2) is 13.1 Å². The molecule has 0 bridgehead atoms. The molecular formula is C15H20N2O2S2. The van der Waals surface area contributed by atoms with Gasteiger partial charge in [0, 0.05) is 11.4 Å². The van der Waals surface area contributed by atoms with Gasteiger partial charge in [0.1, 0.15) is 0 Å². The highest BCUT2D eigenvalue weighted by Gasteiger charge is 2.25. The van der Waals surface area contributed by atoms with Gasteiger partial charge < -0.3 is 5.73 Å². The minimum atomic E-state index is -3.60. The molecule has 6 heteroatoms. The quantitative estimate of drug-likeness (QED) is 0.858. The van der Waals surface area contributed by atoms with Gasteiger partial charge in [-0.2, -0.15) is 0 Å². The normalized spacial score (nSPS) is 13.5. The van der Waals surface area contributed by atoms with Crippen molar-refractivity contribution in [3.05, 3.63) is 52.2 Å². The minimum absolute atomic E-state index is 0.156. The summed E-state index contributed by atoms with van der Waals surface area (Å²) in [6.45, 7) is 4.20. The molecule has 0 saturated carbocycles. The van der Waals surface area contributed by atoms with E-state index >= 15 is 0 Å². The van der Waals surface area contributed by atoms with Crippen LogP contribution in [0.1, 0.15) is 30.3 Å². The van der Waals surface area contributed by atoms with Gasteiger partial charge in [0.2, 0.25) is 10.0 Å². The molecular weight excluding hydrogens is 304 g/mol. The van der Waals surface area contributed by atoms with Crippen molar-refractivity contribution in [1.82, 2.24) is 4.72 Å². The van der Waals surface area contributed by atoms with Gasteiger partial charge in [-0.05, 0) is 29.0 Å². The van der Waals surface area contributed by atoms with Crippen molar-refractivity contribution < 1.29 is 8.42 Å². The van der Waals surface area contributed by atoms with Crippen molar-refractivity contribution in [3.8, 4) is 0 Å². The SMILES string of the molecule is CC(C)C(NS(=O)(=O)c1ccccc1CN)c1cccs1. The maximum atomic E-state index is 12.7. The van der Waals surface area contributed by atoms with Gasteiger partial charge in [0.25, 0.3) is 0 Å². The second-order valence-corrected chi connectivity index (χ2v) is 7.83. The van der Waals surface area contributed by atoms with Gasteiger partial charge in [-0.15, -0.1) is 11.3 Å².